The molecule has 3 nitrogen and oxygen atoms in total. The van der Waals surface area contributed by atoms with E-state index in [0.717, 1.165) is 32.0 Å². The van der Waals surface area contributed by atoms with Crippen LogP contribution in [0, 0.1) is 0 Å². The third-order valence-electron chi connectivity index (χ3n) is 3.14. The number of aldehydes is 1. The Balaban J connectivity index is 2.03. The lowest BCUT2D eigenvalue weighted by molar-refractivity contribution is -0.110. The van der Waals surface area contributed by atoms with E-state index in [1.54, 1.807) is 0 Å². The van der Waals surface area contributed by atoms with E-state index >= 15 is 0 Å². The first-order valence-electron chi connectivity index (χ1n) is 4.68. The quantitative estimate of drug-likeness (QED) is 0.599. The molecule has 2 aliphatic rings. The van der Waals surface area contributed by atoms with E-state index in [1.807, 2.05) is 0 Å². The van der Waals surface area contributed by atoms with Gasteiger partial charge in [-0.15, -0.1) is 0 Å². The maximum Gasteiger partial charge on any atom is 0.134 e. The fraction of sp³-hybridized carbons (Fsp3) is 0.889. The van der Waals surface area contributed by atoms with Gasteiger partial charge in [0.2, 0.25) is 0 Å². The number of nitrogens with zero attached hydrogens (tertiary/aromatic N) is 1. The van der Waals surface area contributed by atoms with Gasteiger partial charge < -0.3 is 9.90 Å². The Morgan fingerprint density at radius 2 is 1.92 bits per heavy atom. The minimum atomic E-state index is -0.120. The third-order valence-corrected chi connectivity index (χ3v) is 3.14. The topological polar surface area (TPSA) is 40.5 Å². The van der Waals surface area contributed by atoms with E-state index in [9.17, 15) is 9.90 Å². The maximum absolute atomic E-state index is 10.4. The number of aliphatic hydroxyl groups excluding tert-OH is 1. The molecule has 2 saturated heterocycles. The van der Waals surface area contributed by atoms with Gasteiger partial charge >= 0.3 is 0 Å². The van der Waals surface area contributed by atoms with Gasteiger partial charge in [0.1, 0.15) is 6.29 Å². The Morgan fingerprint density at radius 3 is 2.42 bits per heavy atom. The molecule has 0 aromatic rings. The zero-order valence-corrected chi connectivity index (χ0v) is 7.15. The first-order valence-corrected chi connectivity index (χ1v) is 4.68. The summed E-state index contributed by atoms with van der Waals surface area (Å²) in [7, 11) is 0. The number of hydrogen-bond donors (Lipinski definition) is 1. The van der Waals surface area contributed by atoms with Crippen LogP contribution in [0.3, 0.4) is 0 Å². The van der Waals surface area contributed by atoms with E-state index < -0.39 is 0 Å². The summed E-state index contributed by atoms with van der Waals surface area (Å²) in [5.74, 6) is 0. The van der Waals surface area contributed by atoms with Crippen molar-refractivity contribution in [3.8, 4) is 0 Å². The number of hydrogen-bond acceptors (Lipinski definition) is 3. The highest BCUT2D eigenvalue weighted by Crippen LogP contribution is 2.34. The first-order chi connectivity index (χ1) is 5.81. The minimum absolute atomic E-state index is 0.120. The van der Waals surface area contributed by atoms with Gasteiger partial charge in [-0.2, -0.15) is 0 Å². The molecule has 0 spiro atoms. The highest BCUT2D eigenvalue weighted by atomic mass is 16.3. The van der Waals surface area contributed by atoms with Gasteiger partial charge in [0.25, 0.3) is 0 Å². The summed E-state index contributed by atoms with van der Waals surface area (Å²) < 4.78 is 0. The summed E-state index contributed by atoms with van der Waals surface area (Å²) in [5.41, 5.74) is 0. The lowest BCUT2D eigenvalue weighted by Crippen LogP contribution is -2.45. The van der Waals surface area contributed by atoms with Crippen LogP contribution in [0.4, 0.5) is 0 Å². The standard InChI is InChI=1S/C9H15NO2/c11-4-3-10-7-1-2-8(10)6-9(12)5-7/h4,7-9,12H,1-3,5-6H2/t7-,8+,9+. The summed E-state index contributed by atoms with van der Waals surface area (Å²) >= 11 is 0. The zero-order chi connectivity index (χ0) is 8.55. The minimum Gasteiger partial charge on any atom is -0.393 e. The van der Waals surface area contributed by atoms with E-state index in [0.29, 0.717) is 18.6 Å². The Hall–Kier alpha value is -0.410. The van der Waals surface area contributed by atoms with Crippen molar-refractivity contribution < 1.29 is 9.90 Å². The molecule has 0 radical (unpaired) electrons. The van der Waals surface area contributed by atoms with Crippen LogP contribution >= 0.6 is 0 Å². The van der Waals surface area contributed by atoms with Crippen LogP contribution in [-0.4, -0.2) is 41.0 Å². The van der Waals surface area contributed by atoms with E-state index in [1.165, 1.54) is 0 Å². The highest BCUT2D eigenvalue weighted by Gasteiger charge is 2.39. The van der Waals surface area contributed by atoms with E-state index in [4.69, 9.17) is 0 Å². The summed E-state index contributed by atoms with van der Waals surface area (Å²) in [6.07, 6.45) is 4.91. The van der Waals surface area contributed by atoms with Crippen LogP contribution in [0.5, 0.6) is 0 Å². The van der Waals surface area contributed by atoms with Crippen molar-refractivity contribution in [3.63, 3.8) is 0 Å². The molecule has 0 aromatic heterocycles. The van der Waals surface area contributed by atoms with Crippen molar-refractivity contribution in [3.05, 3.63) is 0 Å². The Morgan fingerprint density at radius 1 is 1.33 bits per heavy atom. The molecular formula is C9H15NO2. The molecule has 0 unspecified atom stereocenters. The number of aliphatic hydroxyl groups is 1. The average Bonchev–Trinajstić information content (AvgIpc) is 2.32. The molecule has 3 atom stereocenters. The van der Waals surface area contributed by atoms with Crippen molar-refractivity contribution in [2.45, 2.75) is 43.9 Å². The van der Waals surface area contributed by atoms with Gasteiger partial charge in [0.15, 0.2) is 0 Å². The maximum atomic E-state index is 10.4. The Kier molecular flexibility index (Phi) is 2.15. The molecule has 2 heterocycles. The molecule has 2 fully saturated rings. The second-order valence-electron chi connectivity index (χ2n) is 3.87. The largest absolute Gasteiger partial charge is 0.393 e. The van der Waals surface area contributed by atoms with E-state index in [-0.39, 0.29) is 6.10 Å². The molecule has 0 aromatic carbocycles. The van der Waals surface area contributed by atoms with Crippen molar-refractivity contribution in [1.82, 2.24) is 4.90 Å². The number of carbonyl (C=O) groups is 1. The van der Waals surface area contributed by atoms with Crippen LogP contribution in [0.2, 0.25) is 0 Å². The molecule has 0 amide bonds. The van der Waals surface area contributed by atoms with Crippen molar-refractivity contribution >= 4 is 6.29 Å². The van der Waals surface area contributed by atoms with Crippen LogP contribution in [0.25, 0.3) is 0 Å². The molecule has 0 saturated carbocycles. The monoisotopic (exact) mass is 169 g/mol. The molecule has 2 rings (SSSR count). The fourth-order valence-electron chi connectivity index (χ4n) is 2.63. The Labute approximate surface area is 72.4 Å². The molecule has 3 heteroatoms. The zero-order valence-electron chi connectivity index (χ0n) is 7.15. The second kappa shape index (κ2) is 3.15. The lowest BCUT2D eigenvalue weighted by atomic mass is 10.0. The molecule has 1 N–H and O–H groups in total. The Bertz CT molecular complexity index is 169. The summed E-state index contributed by atoms with van der Waals surface area (Å²) in [5, 5.41) is 9.46. The normalized spacial score (nSPS) is 41.6. The van der Waals surface area contributed by atoms with Crippen molar-refractivity contribution in [2.24, 2.45) is 0 Å². The summed E-state index contributed by atoms with van der Waals surface area (Å²) in [6, 6.07) is 0.952. The third kappa shape index (κ3) is 1.27. The molecule has 2 bridgehead atoms. The fourth-order valence-corrected chi connectivity index (χ4v) is 2.63. The second-order valence-corrected chi connectivity index (χ2v) is 3.87. The predicted molar refractivity (Wildman–Crippen MR) is 44.8 cm³/mol. The van der Waals surface area contributed by atoms with Gasteiger partial charge in [-0.1, -0.05) is 0 Å². The molecule has 68 valence electrons. The summed E-state index contributed by atoms with van der Waals surface area (Å²) in [4.78, 5) is 12.6. The first kappa shape index (κ1) is 8.20. The summed E-state index contributed by atoms with van der Waals surface area (Å²) in [6.45, 7) is 0.558. The van der Waals surface area contributed by atoms with Crippen LogP contribution in [0.15, 0.2) is 0 Å². The van der Waals surface area contributed by atoms with Gasteiger partial charge in [0.05, 0.1) is 12.6 Å². The lowest BCUT2D eigenvalue weighted by Gasteiger charge is -2.35. The number of piperidine rings is 1. The number of fused-ring (bicyclic) bond motifs is 2. The number of rotatable bonds is 2. The van der Waals surface area contributed by atoms with Crippen LogP contribution in [-0.2, 0) is 4.79 Å². The van der Waals surface area contributed by atoms with Crippen molar-refractivity contribution in [2.75, 3.05) is 6.54 Å². The predicted octanol–water partition coefficient (Wildman–Crippen LogP) is 0.173. The highest BCUT2D eigenvalue weighted by molar-refractivity contribution is 5.52. The molecule has 0 aliphatic carbocycles. The molecular weight excluding hydrogens is 154 g/mol. The van der Waals surface area contributed by atoms with E-state index in [2.05, 4.69) is 4.90 Å². The van der Waals surface area contributed by atoms with Crippen LogP contribution < -0.4 is 0 Å². The average molecular weight is 169 g/mol. The molecule has 2 aliphatic heterocycles. The number of carbonyl (C=O) groups excluding carboxylic acids is 1. The van der Waals surface area contributed by atoms with Gasteiger partial charge in [-0.3, -0.25) is 4.90 Å². The van der Waals surface area contributed by atoms with Crippen molar-refractivity contribution in [1.29, 1.82) is 0 Å². The molecule has 12 heavy (non-hydrogen) atoms. The smallest absolute Gasteiger partial charge is 0.134 e. The SMILES string of the molecule is O=CCN1[C@@H]2CC[C@H]1C[C@@H](O)C2. The van der Waals surface area contributed by atoms with Gasteiger partial charge in [-0.05, 0) is 25.7 Å². The van der Waals surface area contributed by atoms with Gasteiger partial charge in [-0.25, -0.2) is 0 Å². The van der Waals surface area contributed by atoms with Crippen LogP contribution in [0.1, 0.15) is 25.7 Å². The van der Waals surface area contributed by atoms with Gasteiger partial charge in [0, 0.05) is 12.1 Å².